The van der Waals surface area contributed by atoms with Crippen LogP contribution in [0.1, 0.15) is 162 Å². The molecule has 1 radical (unpaired) electrons. The van der Waals surface area contributed by atoms with E-state index >= 15 is 0 Å². The van der Waals surface area contributed by atoms with Crippen LogP contribution in [0.5, 0.6) is 0 Å². The molecule has 0 unspecified atom stereocenters. The van der Waals surface area contributed by atoms with Crippen LogP contribution < -0.4 is 0 Å². The van der Waals surface area contributed by atoms with Crippen molar-refractivity contribution in [1.82, 2.24) is 0 Å². The van der Waals surface area contributed by atoms with Crippen LogP contribution in [0.2, 0.25) is 13.3 Å². The van der Waals surface area contributed by atoms with Crippen molar-refractivity contribution in [3.63, 3.8) is 0 Å². The van der Waals surface area contributed by atoms with Gasteiger partial charge in [0.1, 0.15) is 0 Å². The molecule has 0 saturated carbocycles. The van der Waals surface area contributed by atoms with Crippen LogP contribution >= 0.6 is 0 Å². The summed E-state index contributed by atoms with van der Waals surface area (Å²) in [6.45, 7) is 6.98. The minimum absolute atomic E-state index is 1.04. The third kappa shape index (κ3) is 24.9. The van der Waals surface area contributed by atoms with Crippen molar-refractivity contribution < 1.29 is 0 Å². The molecule has 0 aliphatic carbocycles. The summed E-state index contributed by atoms with van der Waals surface area (Å²) in [6.07, 6.45) is 32.9. The Bertz CT molecular complexity index is 259. The standard InChI is InChI=1S/C12H25.2C8H17.Sn/c1-3-5-7-9-11-12-10-8-6-4-2;2*1-3-5-7-8-6-4-2;/h1,3-12H2,2H3;2*1,3-8H2,2H3;. The van der Waals surface area contributed by atoms with Crippen LogP contribution in [0, 0.1) is 0 Å². The van der Waals surface area contributed by atoms with Gasteiger partial charge < -0.3 is 0 Å². The monoisotopic (exact) mass is 515 g/mol. The van der Waals surface area contributed by atoms with E-state index in [0.29, 0.717) is 0 Å². The molecule has 0 heterocycles. The summed E-state index contributed by atoms with van der Waals surface area (Å²) in [6, 6.07) is 0. The normalized spacial score (nSPS) is 11.6. The second-order valence-corrected chi connectivity index (χ2v) is 18.3. The van der Waals surface area contributed by atoms with Crippen LogP contribution in [0.25, 0.3) is 0 Å². The first-order chi connectivity index (χ1) is 14.3. The van der Waals surface area contributed by atoms with E-state index in [2.05, 4.69) is 20.8 Å². The van der Waals surface area contributed by atoms with Gasteiger partial charge in [0.05, 0.1) is 0 Å². The molecule has 0 aromatic rings. The summed E-state index contributed by atoms with van der Waals surface area (Å²) < 4.78 is 5.17. The maximum atomic E-state index is 2.33. The molecule has 0 amide bonds. The predicted octanol–water partition coefficient (Wildman–Crippen LogP) is 11.1. The van der Waals surface area contributed by atoms with E-state index < -0.39 is 19.8 Å². The van der Waals surface area contributed by atoms with Gasteiger partial charge in [-0.15, -0.1) is 0 Å². The van der Waals surface area contributed by atoms with E-state index in [1.807, 2.05) is 0 Å². The summed E-state index contributed by atoms with van der Waals surface area (Å²) >= 11 is -1.04. The Labute approximate surface area is 194 Å². The fourth-order valence-corrected chi connectivity index (χ4v) is 13.1. The topological polar surface area (TPSA) is 0 Å². The van der Waals surface area contributed by atoms with Crippen LogP contribution in [0.3, 0.4) is 0 Å². The summed E-state index contributed by atoms with van der Waals surface area (Å²) in [7, 11) is 0. The molecule has 0 saturated heterocycles. The molecular weight excluding hydrogens is 455 g/mol. The Balaban J connectivity index is 3.74. The molecule has 0 atom stereocenters. The first-order valence-corrected chi connectivity index (χ1v) is 20.2. The van der Waals surface area contributed by atoms with Gasteiger partial charge in [-0.1, -0.05) is 0 Å². The Morgan fingerprint density at radius 2 is 0.483 bits per heavy atom. The Kier molecular flexibility index (Phi) is 27.6. The van der Waals surface area contributed by atoms with Crippen LogP contribution in [0.4, 0.5) is 0 Å². The molecule has 0 bridgehead atoms. The van der Waals surface area contributed by atoms with Crippen molar-refractivity contribution in [3.8, 4) is 0 Å². The second kappa shape index (κ2) is 26.8. The number of unbranched alkanes of at least 4 members (excludes halogenated alkanes) is 19. The van der Waals surface area contributed by atoms with Gasteiger partial charge in [0.2, 0.25) is 0 Å². The zero-order chi connectivity index (χ0) is 21.3. The Morgan fingerprint density at radius 1 is 0.276 bits per heavy atom. The van der Waals surface area contributed by atoms with Gasteiger partial charge >= 0.3 is 195 Å². The summed E-state index contributed by atoms with van der Waals surface area (Å²) in [5, 5.41) is 0. The van der Waals surface area contributed by atoms with Crippen LogP contribution in [-0.4, -0.2) is 19.8 Å². The quantitative estimate of drug-likeness (QED) is 0.0840. The molecule has 0 rings (SSSR count). The van der Waals surface area contributed by atoms with E-state index in [1.54, 1.807) is 51.8 Å². The predicted molar refractivity (Wildman–Crippen MR) is 139 cm³/mol. The van der Waals surface area contributed by atoms with Gasteiger partial charge in [-0.05, 0) is 0 Å². The first kappa shape index (κ1) is 29.8. The molecule has 0 aromatic heterocycles. The van der Waals surface area contributed by atoms with Crippen molar-refractivity contribution in [2.45, 2.75) is 175 Å². The summed E-state index contributed by atoms with van der Waals surface area (Å²) in [5.41, 5.74) is 0. The zero-order valence-corrected chi connectivity index (χ0v) is 24.0. The molecule has 0 N–H and O–H groups in total. The van der Waals surface area contributed by atoms with Gasteiger partial charge in [0.15, 0.2) is 0 Å². The Hall–Kier alpha value is 0.799. The molecule has 0 fully saturated rings. The van der Waals surface area contributed by atoms with Gasteiger partial charge in [-0.25, -0.2) is 0 Å². The molecule has 175 valence electrons. The number of hydrogen-bond donors (Lipinski definition) is 0. The Morgan fingerprint density at radius 3 is 0.724 bits per heavy atom. The molecule has 0 nitrogen and oxygen atoms in total. The molecule has 0 aliphatic rings. The van der Waals surface area contributed by atoms with E-state index in [1.165, 1.54) is 103 Å². The fraction of sp³-hybridized carbons (Fsp3) is 1.00. The third-order valence-corrected chi connectivity index (χ3v) is 15.7. The van der Waals surface area contributed by atoms with Crippen molar-refractivity contribution in [2.75, 3.05) is 0 Å². The average Bonchev–Trinajstić information content (AvgIpc) is 2.73. The SMILES string of the molecule is CCCCCCCCCCC[CH2][Sn]([CH2]CCCCCCC)[CH2]CCCCCCC. The number of hydrogen-bond acceptors (Lipinski definition) is 0. The second-order valence-electron chi connectivity index (χ2n) is 9.72. The molecule has 0 spiro atoms. The molecule has 0 aliphatic heterocycles. The number of rotatable bonds is 25. The molecule has 0 aromatic carbocycles. The fourth-order valence-electron chi connectivity index (χ4n) is 4.55. The summed E-state index contributed by atoms with van der Waals surface area (Å²) in [5.74, 6) is 0. The molecule has 29 heavy (non-hydrogen) atoms. The van der Waals surface area contributed by atoms with Crippen LogP contribution in [-0.2, 0) is 0 Å². The van der Waals surface area contributed by atoms with Gasteiger partial charge in [-0.2, -0.15) is 0 Å². The third-order valence-electron chi connectivity index (χ3n) is 6.65. The van der Waals surface area contributed by atoms with E-state index in [0.717, 1.165) is 0 Å². The maximum absolute atomic E-state index is 2.33. The zero-order valence-electron chi connectivity index (χ0n) is 21.2. The van der Waals surface area contributed by atoms with E-state index in [-0.39, 0.29) is 0 Å². The van der Waals surface area contributed by atoms with Gasteiger partial charge in [0, 0.05) is 0 Å². The molecular formula is C28H59Sn. The van der Waals surface area contributed by atoms with Crippen molar-refractivity contribution in [2.24, 2.45) is 0 Å². The van der Waals surface area contributed by atoms with E-state index in [9.17, 15) is 0 Å². The van der Waals surface area contributed by atoms with Crippen LogP contribution in [0.15, 0.2) is 0 Å². The van der Waals surface area contributed by atoms with Gasteiger partial charge in [-0.3, -0.25) is 0 Å². The van der Waals surface area contributed by atoms with Gasteiger partial charge in [0.25, 0.3) is 0 Å². The van der Waals surface area contributed by atoms with Crippen molar-refractivity contribution in [3.05, 3.63) is 0 Å². The van der Waals surface area contributed by atoms with Crippen molar-refractivity contribution in [1.29, 1.82) is 0 Å². The van der Waals surface area contributed by atoms with E-state index in [4.69, 9.17) is 0 Å². The summed E-state index contributed by atoms with van der Waals surface area (Å²) in [4.78, 5) is 0. The molecule has 1 heteroatoms. The minimum atomic E-state index is -1.04. The first-order valence-electron chi connectivity index (χ1n) is 14.2. The van der Waals surface area contributed by atoms with Crippen molar-refractivity contribution >= 4 is 19.8 Å². The average molecular weight is 514 g/mol.